The van der Waals surface area contributed by atoms with Crippen molar-refractivity contribution in [3.05, 3.63) is 39.6 Å². The molecule has 1 N–H and O–H groups in total. The molecule has 1 aromatic heterocycles. The van der Waals surface area contributed by atoms with Gasteiger partial charge in [0.25, 0.3) is 0 Å². The molecule has 1 saturated carbocycles. The maximum absolute atomic E-state index is 6.07. The van der Waals surface area contributed by atoms with Crippen molar-refractivity contribution >= 4 is 27.5 Å². The number of halogens is 2. The molecular formula is C14H16BrClN4O. The largest absolute Gasteiger partial charge is 0.490 e. The van der Waals surface area contributed by atoms with E-state index in [0.29, 0.717) is 30.0 Å². The highest BCUT2D eigenvalue weighted by atomic mass is 79.9. The van der Waals surface area contributed by atoms with E-state index in [-0.39, 0.29) is 0 Å². The van der Waals surface area contributed by atoms with Gasteiger partial charge in [0.15, 0.2) is 0 Å². The van der Waals surface area contributed by atoms with Crippen molar-refractivity contribution in [3.8, 4) is 5.75 Å². The lowest BCUT2D eigenvalue weighted by Crippen LogP contribution is -2.15. The van der Waals surface area contributed by atoms with E-state index in [1.165, 1.54) is 12.8 Å². The van der Waals surface area contributed by atoms with Gasteiger partial charge in [-0.3, -0.25) is 0 Å². The van der Waals surface area contributed by atoms with Gasteiger partial charge in [-0.25, -0.2) is 4.68 Å². The first-order valence-electron chi connectivity index (χ1n) is 6.91. The van der Waals surface area contributed by atoms with Gasteiger partial charge in [0, 0.05) is 23.3 Å². The zero-order chi connectivity index (χ0) is 14.7. The monoisotopic (exact) mass is 370 g/mol. The van der Waals surface area contributed by atoms with E-state index < -0.39 is 0 Å². The number of rotatable bonds is 7. The number of nitrogens with zero attached hydrogens (tertiary/aromatic N) is 3. The number of ether oxygens (including phenoxy) is 1. The molecule has 1 aromatic carbocycles. The molecule has 1 fully saturated rings. The lowest BCUT2D eigenvalue weighted by Gasteiger charge is -2.08. The predicted molar refractivity (Wildman–Crippen MR) is 84.5 cm³/mol. The summed E-state index contributed by atoms with van der Waals surface area (Å²) in [5.74, 6) is 0.668. The minimum atomic E-state index is 0.495. The highest BCUT2D eigenvalue weighted by Gasteiger charge is 2.20. The molecule has 0 amide bonds. The van der Waals surface area contributed by atoms with Gasteiger partial charge < -0.3 is 10.1 Å². The molecule has 1 heterocycles. The third-order valence-corrected chi connectivity index (χ3v) is 4.01. The normalized spacial score (nSPS) is 14.4. The summed E-state index contributed by atoms with van der Waals surface area (Å²) in [6, 6.07) is 6.22. The van der Waals surface area contributed by atoms with E-state index in [1.807, 2.05) is 18.3 Å². The first kappa shape index (κ1) is 14.8. The van der Waals surface area contributed by atoms with Crippen LogP contribution in [0.5, 0.6) is 5.75 Å². The van der Waals surface area contributed by atoms with Crippen LogP contribution < -0.4 is 10.1 Å². The van der Waals surface area contributed by atoms with Crippen LogP contribution in [0.4, 0.5) is 0 Å². The van der Waals surface area contributed by atoms with E-state index in [9.17, 15) is 0 Å². The van der Waals surface area contributed by atoms with Crippen molar-refractivity contribution in [2.45, 2.75) is 32.0 Å². The van der Waals surface area contributed by atoms with Crippen molar-refractivity contribution < 1.29 is 4.74 Å². The molecule has 7 heteroatoms. The van der Waals surface area contributed by atoms with Crippen LogP contribution in [0, 0.1) is 0 Å². The lowest BCUT2D eigenvalue weighted by atomic mass is 10.3. The second-order valence-electron chi connectivity index (χ2n) is 5.05. The maximum atomic E-state index is 6.07. The van der Waals surface area contributed by atoms with Gasteiger partial charge in [-0.2, -0.15) is 0 Å². The van der Waals surface area contributed by atoms with Crippen LogP contribution in [-0.2, 0) is 13.1 Å². The Morgan fingerprint density at radius 2 is 2.29 bits per heavy atom. The SMILES string of the molecule is Clc1ccc(Br)cc1OCCn1cc(CNC2CC2)nn1. The van der Waals surface area contributed by atoms with Crippen molar-refractivity contribution in [1.29, 1.82) is 0 Å². The smallest absolute Gasteiger partial charge is 0.139 e. The van der Waals surface area contributed by atoms with Crippen molar-refractivity contribution in [3.63, 3.8) is 0 Å². The summed E-state index contributed by atoms with van der Waals surface area (Å²) in [4.78, 5) is 0. The highest BCUT2D eigenvalue weighted by molar-refractivity contribution is 9.10. The summed E-state index contributed by atoms with van der Waals surface area (Å²) < 4.78 is 8.40. The molecule has 0 aliphatic heterocycles. The minimum absolute atomic E-state index is 0.495. The van der Waals surface area contributed by atoms with Crippen molar-refractivity contribution in [2.75, 3.05) is 6.61 Å². The number of hydrogen-bond donors (Lipinski definition) is 1. The summed E-state index contributed by atoms with van der Waals surface area (Å²) in [5.41, 5.74) is 0.961. The topological polar surface area (TPSA) is 52.0 Å². The third-order valence-electron chi connectivity index (χ3n) is 3.21. The van der Waals surface area contributed by atoms with E-state index in [2.05, 4.69) is 31.6 Å². The molecule has 2 aromatic rings. The molecule has 1 aliphatic rings. The van der Waals surface area contributed by atoms with Gasteiger partial charge in [0.2, 0.25) is 0 Å². The second kappa shape index (κ2) is 6.77. The average molecular weight is 372 g/mol. The minimum Gasteiger partial charge on any atom is -0.490 e. The van der Waals surface area contributed by atoms with Gasteiger partial charge in [-0.1, -0.05) is 32.7 Å². The number of benzene rings is 1. The fourth-order valence-corrected chi connectivity index (χ4v) is 2.41. The molecule has 5 nitrogen and oxygen atoms in total. The molecule has 0 radical (unpaired) electrons. The van der Waals surface area contributed by atoms with Gasteiger partial charge in [-0.05, 0) is 31.0 Å². The molecule has 0 bridgehead atoms. The Morgan fingerprint density at radius 1 is 1.43 bits per heavy atom. The average Bonchev–Trinajstić information content (AvgIpc) is 3.20. The fraction of sp³-hybridized carbons (Fsp3) is 0.429. The Labute approximate surface area is 136 Å². The summed E-state index contributed by atoms with van der Waals surface area (Å²) in [6.45, 7) is 1.91. The molecule has 0 saturated heterocycles. The Morgan fingerprint density at radius 3 is 3.10 bits per heavy atom. The standard InChI is InChI=1S/C14H16BrClN4O/c15-10-1-4-13(16)14(7-10)21-6-5-20-9-12(18-19-20)8-17-11-2-3-11/h1,4,7,9,11,17H,2-3,5-6,8H2. The van der Waals surface area contributed by atoms with Crippen LogP contribution in [0.3, 0.4) is 0 Å². The van der Waals surface area contributed by atoms with Crippen LogP contribution in [0.2, 0.25) is 5.02 Å². The predicted octanol–water partition coefficient (Wildman–Crippen LogP) is 3.03. The number of aromatic nitrogens is 3. The Bertz CT molecular complexity index is 615. The zero-order valence-electron chi connectivity index (χ0n) is 11.4. The van der Waals surface area contributed by atoms with Gasteiger partial charge in [0.1, 0.15) is 12.4 Å². The zero-order valence-corrected chi connectivity index (χ0v) is 13.8. The van der Waals surface area contributed by atoms with Gasteiger partial charge >= 0.3 is 0 Å². The summed E-state index contributed by atoms with van der Waals surface area (Å²) in [5, 5.41) is 12.2. The second-order valence-corrected chi connectivity index (χ2v) is 6.37. The van der Waals surface area contributed by atoms with E-state index >= 15 is 0 Å². The first-order valence-corrected chi connectivity index (χ1v) is 8.08. The molecule has 112 valence electrons. The first-order chi connectivity index (χ1) is 10.2. The van der Waals surface area contributed by atoms with Gasteiger partial charge in [-0.15, -0.1) is 5.10 Å². The van der Waals surface area contributed by atoms with E-state index in [4.69, 9.17) is 16.3 Å². The van der Waals surface area contributed by atoms with Crippen LogP contribution in [0.1, 0.15) is 18.5 Å². The van der Waals surface area contributed by atoms with Crippen molar-refractivity contribution in [1.82, 2.24) is 20.3 Å². The van der Waals surface area contributed by atoms with Gasteiger partial charge in [0.05, 0.1) is 17.3 Å². The third kappa shape index (κ3) is 4.43. The maximum Gasteiger partial charge on any atom is 0.139 e. The molecule has 0 unspecified atom stereocenters. The van der Waals surface area contributed by atoms with E-state index in [0.717, 1.165) is 16.7 Å². The highest BCUT2D eigenvalue weighted by Crippen LogP contribution is 2.27. The molecule has 0 atom stereocenters. The molecule has 1 aliphatic carbocycles. The molecule has 3 rings (SSSR count). The lowest BCUT2D eigenvalue weighted by molar-refractivity contribution is 0.289. The summed E-state index contributed by atoms with van der Waals surface area (Å²) in [6.07, 6.45) is 4.49. The quantitative estimate of drug-likeness (QED) is 0.813. The molecule has 0 spiro atoms. The van der Waals surface area contributed by atoms with Crippen LogP contribution in [0.15, 0.2) is 28.9 Å². The summed E-state index contributed by atoms with van der Waals surface area (Å²) in [7, 11) is 0. The Balaban J connectivity index is 1.47. The van der Waals surface area contributed by atoms with Crippen LogP contribution >= 0.6 is 27.5 Å². The van der Waals surface area contributed by atoms with Crippen LogP contribution in [-0.4, -0.2) is 27.6 Å². The number of nitrogens with one attached hydrogen (secondary N) is 1. The van der Waals surface area contributed by atoms with E-state index in [1.54, 1.807) is 10.7 Å². The fourth-order valence-electron chi connectivity index (χ4n) is 1.90. The van der Waals surface area contributed by atoms with Crippen molar-refractivity contribution in [2.24, 2.45) is 0 Å². The number of hydrogen-bond acceptors (Lipinski definition) is 4. The Kier molecular flexibility index (Phi) is 4.77. The molecule has 21 heavy (non-hydrogen) atoms. The van der Waals surface area contributed by atoms with Crippen LogP contribution in [0.25, 0.3) is 0 Å². The Hall–Kier alpha value is -1.11. The molecular weight excluding hydrogens is 356 g/mol. The summed E-state index contributed by atoms with van der Waals surface area (Å²) >= 11 is 9.47.